The molecule has 13 heavy (non-hydrogen) atoms. The summed E-state index contributed by atoms with van der Waals surface area (Å²) in [5.41, 5.74) is 0.718. The van der Waals surface area contributed by atoms with Crippen molar-refractivity contribution in [3.05, 3.63) is 42.8 Å². The first kappa shape index (κ1) is 12.0. The number of fused-ring (bicyclic) bond motifs is 1. The molecule has 0 unspecified atom stereocenters. The number of cyclic esters (lactones) is 2. The summed E-state index contributed by atoms with van der Waals surface area (Å²) in [6, 6.07) is 6.53. The van der Waals surface area contributed by atoms with Crippen molar-refractivity contribution in [2.75, 3.05) is 0 Å². The molecule has 2 rings (SSSR count). The van der Waals surface area contributed by atoms with Crippen LogP contribution in [-0.2, 0) is 25.8 Å². The van der Waals surface area contributed by atoms with E-state index in [1.54, 1.807) is 24.3 Å². The predicted octanol–water partition coefficient (Wildman–Crippen LogP) is 1.44. The third-order valence-electron chi connectivity index (χ3n) is 1.55. The molecular formula is C9H7O3W-. The van der Waals surface area contributed by atoms with Crippen LogP contribution in [0.4, 0.5) is 0 Å². The summed E-state index contributed by atoms with van der Waals surface area (Å²) in [5, 5.41) is 0. The largest absolute Gasteiger partial charge is 0.386 e. The fraction of sp³-hybridized carbons (Fsp3) is 0. The number of hydrogen-bond donors (Lipinski definition) is 0. The third kappa shape index (κ3) is 1.86. The monoisotopic (exact) mass is 347 g/mol. The molecule has 1 aromatic rings. The maximum absolute atomic E-state index is 10.8. The van der Waals surface area contributed by atoms with Gasteiger partial charge in [0.25, 0.3) is 0 Å². The maximum Gasteiger partial charge on any atom is 0.346 e. The van der Waals surface area contributed by atoms with Crippen LogP contribution < -0.4 is 0 Å². The predicted molar refractivity (Wildman–Crippen MR) is 42.6 cm³/mol. The number of benzene rings is 1. The van der Waals surface area contributed by atoms with Crippen molar-refractivity contribution in [1.29, 1.82) is 0 Å². The fourth-order valence-corrected chi connectivity index (χ4v) is 1.03. The first-order valence-electron chi connectivity index (χ1n) is 3.14. The summed E-state index contributed by atoms with van der Waals surface area (Å²) in [7, 11) is 0. The molecule has 0 N–H and O–H groups in total. The molecule has 0 aromatic heterocycles. The number of ether oxygens (including phenoxy) is 1. The topological polar surface area (TPSA) is 43.4 Å². The average molecular weight is 347 g/mol. The van der Waals surface area contributed by atoms with Crippen molar-refractivity contribution in [2.45, 2.75) is 0 Å². The van der Waals surface area contributed by atoms with Crippen LogP contribution in [-0.4, -0.2) is 11.9 Å². The van der Waals surface area contributed by atoms with Crippen molar-refractivity contribution in [3.8, 4) is 0 Å². The normalized spacial score (nSPS) is 12.3. The summed E-state index contributed by atoms with van der Waals surface area (Å²) in [4.78, 5) is 21.7. The van der Waals surface area contributed by atoms with E-state index >= 15 is 0 Å². The number of hydrogen-bond acceptors (Lipinski definition) is 3. The van der Waals surface area contributed by atoms with Gasteiger partial charge < -0.3 is 12.2 Å². The van der Waals surface area contributed by atoms with E-state index in [0.29, 0.717) is 11.1 Å². The SMILES string of the molecule is O=C1OC(=O)c2ccccc21.[CH3-].[W]. The maximum atomic E-state index is 10.8. The molecule has 1 aromatic carbocycles. The molecule has 3 nitrogen and oxygen atoms in total. The van der Waals surface area contributed by atoms with Gasteiger partial charge in [-0.2, -0.15) is 0 Å². The zero-order valence-electron chi connectivity index (χ0n) is 6.94. The summed E-state index contributed by atoms with van der Waals surface area (Å²) in [6.45, 7) is 0. The zero-order valence-corrected chi connectivity index (χ0v) is 9.88. The molecule has 1 aliphatic rings. The van der Waals surface area contributed by atoms with Gasteiger partial charge in [0.1, 0.15) is 0 Å². The fourth-order valence-electron chi connectivity index (χ4n) is 1.03. The summed E-state index contributed by atoms with van der Waals surface area (Å²) < 4.78 is 4.35. The van der Waals surface area contributed by atoms with Gasteiger partial charge in [-0.25, -0.2) is 9.59 Å². The number of carbonyl (C=O) groups is 2. The standard InChI is InChI=1S/C8H4O3.CH3.W/c9-7-5-3-1-2-4-6(5)8(10)11-7;;/h1-4H;1H3;/q;-1;. The minimum Gasteiger partial charge on any atom is -0.386 e. The van der Waals surface area contributed by atoms with E-state index in [2.05, 4.69) is 4.74 Å². The van der Waals surface area contributed by atoms with Gasteiger partial charge in [-0.05, 0) is 12.1 Å². The van der Waals surface area contributed by atoms with Crippen LogP contribution in [0.2, 0.25) is 0 Å². The Labute approximate surface area is 90.4 Å². The molecule has 1 aliphatic heterocycles. The molecule has 0 aliphatic carbocycles. The Morgan fingerprint density at radius 1 is 0.923 bits per heavy atom. The molecule has 0 atom stereocenters. The molecule has 4 heteroatoms. The van der Waals surface area contributed by atoms with Crippen LogP contribution in [0.3, 0.4) is 0 Å². The van der Waals surface area contributed by atoms with Crippen LogP contribution in [0, 0.1) is 7.43 Å². The van der Waals surface area contributed by atoms with Crippen LogP contribution in [0.25, 0.3) is 0 Å². The molecule has 0 saturated heterocycles. The van der Waals surface area contributed by atoms with E-state index in [1.165, 1.54) is 0 Å². The van der Waals surface area contributed by atoms with E-state index in [0.717, 1.165) is 0 Å². The Morgan fingerprint density at radius 3 is 1.69 bits per heavy atom. The van der Waals surface area contributed by atoms with E-state index in [-0.39, 0.29) is 28.5 Å². The smallest absolute Gasteiger partial charge is 0.346 e. The van der Waals surface area contributed by atoms with E-state index in [1.807, 2.05) is 0 Å². The van der Waals surface area contributed by atoms with Gasteiger partial charge >= 0.3 is 11.9 Å². The Kier molecular flexibility index (Phi) is 4.01. The first-order chi connectivity index (χ1) is 5.29. The molecule has 0 bridgehead atoms. The minimum atomic E-state index is -0.550. The van der Waals surface area contributed by atoms with Crippen molar-refractivity contribution < 1.29 is 35.4 Å². The third-order valence-corrected chi connectivity index (χ3v) is 1.55. The van der Waals surface area contributed by atoms with Crippen molar-refractivity contribution in [3.63, 3.8) is 0 Å². The van der Waals surface area contributed by atoms with Crippen LogP contribution in [0.15, 0.2) is 24.3 Å². The Bertz CT molecular complexity index is 313. The van der Waals surface area contributed by atoms with E-state index < -0.39 is 11.9 Å². The van der Waals surface area contributed by atoms with Crippen molar-refractivity contribution in [2.24, 2.45) is 0 Å². The Hall–Kier alpha value is -0.952. The minimum absolute atomic E-state index is 0. The number of carbonyl (C=O) groups excluding carboxylic acids is 2. The Balaban J connectivity index is 0.000000720. The molecule has 1 heterocycles. The van der Waals surface area contributed by atoms with Crippen LogP contribution in [0.1, 0.15) is 20.7 Å². The molecule has 0 amide bonds. The Morgan fingerprint density at radius 2 is 1.31 bits per heavy atom. The number of rotatable bonds is 0. The van der Waals surface area contributed by atoms with Crippen molar-refractivity contribution in [1.82, 2.24) is 0 Å². The van der Waals surface area contributed by atoms with Gasteiger partial charge in [-0.3, -0.25) is 0 Å². The van der Waals surface area contributed by atoms with Gasteiger partial charge in [-0.1, -0.05) is 12.1 Å². The quantitative estimate of drug-likeness (QED) is 0.405. The molecule has 0 spiro atoms. The summed E-state index contributed by atoms with van der Waals surface area (Å²) >= 11 is 0. The van der Waals surface area contributed by atoms with Gasteiger partial charge in [0.15, 0.2) is 0 Å². The van der Waals surface area contributed by atoms with Gasteiger partial charge in [0.2, 0.25) is 0 Å². The van der Waals surface area contributed by atoms with Crippen LogP contribution >= 0.6 is 0 Å². The molecule has 0 radical (unpaired) electrons. The van der Waals surface area contributed by atoms with E-state index in [9.17, 15) is 9.59 Å². The zero-order chi connectivity index (χ0) is 7.84. The van der Waals surface area contributed by atoms with Gasteiger partial charge in [0.05, 0.1) is 11.1 Å². The van der Waals surface area contributed by atoms with Gasteiger partial charge in [-0.15, -0.1) is 0 Å². The average Bonchev–Trinajstić information content (AvgIpc) is 2.30. The molecule has 0 saturated carbocycles. The number of esters is 2. The molecule has 68 valence electrons. The van der Waals surface area contributed by atoms with Crippen LogP contribution in [0.5, 0.6) is 0 Å². The summed E-state index contributed by atoms with van der Waals surface area (Å²) in [6.07, 6.45) is 0. The molecule has 0 fully saturated rings. The van der Waals surface area contributed by atoms with Crippen molar-refractivity contribution >= 4 is 11.9 Å². The second-order valence-corrected chi connectivity index (χ2v) is 2.22. The second-order valence-electron chi connectivity index (χ2n) is 2.22. The van der Waals surface area contributed by atoms with E-state index in [4.69, 9.17) is 0 Å². The van der Waals surface area contributed by atoms with Gasteiger partial charge in [0, 0.05) is 21.1 Å². The molecular weight excluding hydrogens is 340 g/mol. The first-order valence-corrected chi connectivity index (χ1v) is 3.14. The second kappa shape index (κ2) is 4.33. The summed E-state index contributed by atoms with van der Waals surface area (Å²) in [5.74, 6) is -1.10.